The molecule has 12 nitrogen and oxygen atoms in total. The van der Waals surface area contributed by atoms with Crippen molar-refractivity contribution in [3.8, 4) is 5.88 Å². The van der Waals surface area contributed by atoms with E-state index in [4.69, 9.17) is 9.47 Å². The average Bonchev–Trinajstić information content (AvgIpc) is 3.41. The van der Waals surface area contributed by atoms with Crippen molar-refractivity contribution in [1.82, 2.24) is 24.8 Å². The Morgan fingerprint density at radius 2 is 1.88 bits per heavy atom. The minimum absolute atomic E-state index is 0.139. The van der Waals surface area contributed by atoms with Gasteiger partial charge in [0.15, 0.2) is 12.0 Å². The lowest BCUT2D eigenvalue weighted by Crippen LogP contribution is -2.28. The number of pyridine rings is 2. The second-order valence-electron chi connectivity index (χ2n) is 10.0. The lowest BCUT2D eigenvalue weighted by Gasteiger charge is -2.24. The zero-order valence-electron chi connectivity index (χ0n) is 23.2. The number of amides is 1. The molecule has 0 saturated heterocycles. The van der Waals surface area contributed by atoms with Gasteiger partial charge in [0.1, 0.15) is 11.9 Å². The molecule has 0 saturated carbocycles. The molecule has 0 aromatic carbocycles. The number of rotatable bonds is 12. The monoisotopic (exact) mass is 561 g/mol. The summed E-state index contributed by atoms with van der Waals surface area (Å²) in [4.78, 5) is 40.5. The third kappa shape index (κ3) is 6.45. The number of hydrogen-bond acceptors (Lipinski definition) is 10. The van der Waals surface area contributed by atoms with Crippen LogP contribution in [0.15, 0.2) is 53.7 Å². The van der Waals surface area contributed by atoms with Gasteiger partial charge in [0, 0.05) is 30.7 Å². The van der Waals surface area contributed by atoms with E-state index < -0.39 is 18.0 Å². The second-order valence-corrected chi connectivity index (χ2v) is 10.0. The molecule has 0 radical (unpaired) electrons. The summed E-state index contributed by atoms with van der Waals surface area (Å²) in [6.07, 6.45) is 10.1. The van der Waals surface area contributed by atoms with Crippen molar-refractivity contribution in [3.05, 3.63) is 76.1 Å². The SMILES string of the molecule is Cc1cn([C@H]2C=C[C@@H](CO)O2)c(=O)nc1OCCCNCCCCN1c2ncccc2C(=O)Nc2c(C)ccnc21. The van der Waals surface area contributed by atoms with Crippen molar-refractivity contribution in [3.63, 3.8) is 0 Å². The highest BCUT2D eigenvalue weighted by atomic mass is 16.5. The fourth-order valence-corrected chi connectivity index (χ4v) is 4.83. The molecule has 12 heteroatoms. The fraction of sp³-hybridized carbons (Fsp3) is 0.414. The van der Waals surface area contributed by atoms with Crippen LogP contribution in [-0.4, -0.2) is 69.5 Å². The molecule has 0 spiro atoms. The maximum Gasteiger partial charge on any atom is 0.353 e. The van der Waals surface area contributed by atoms with E-state index in [9.17, 15) is 14.7 Å². The Hall–Kier alpha value is -4.13. The van der Waals surface area contributed by atoms with Crippen LogP contribution in [0.5, 0.6) is 5.88 Å². The molecule has 0 aliphatic carbocycles. The van der Waals surface area contributed by atoms with E-state index in [1.165, 1.54) is 4.57 Å². The first-order valence-electron chi connectivity index (χ1n) is 13.8. The Kier molecular flexibility index (Phi) is 9.02. The quantitative estimate of drug-likeness (QED) is 0.223. The van der Waals surface area contributed by atoms with Gasteiger partial charge in [-0.3, -0.25) is 9.36 Å². The van der Waals surface area contributed by atoms with E-state index in [2.05, 4.69) is 25.6 Å². The van der Waals surface area contributed by atoms with E-state index >= 15 is 0 Å². The summed E-state index contributed by atoms with van der Waals surface area (Å²) in [6.45, 7) is 6.33. The van der Waals surface area contributed by atoms with Gasteiger partial charge in [-0.05, 0) is 76.0 Å². The topological polar surface area (TPSA) is 144 Å². The van der Waals surface area contributed by atoms with Crippen molar-refractivity contribution in [1.29, 1.82) is 0 Å². The number of carbonyl (C=O) groups is 1. The molecule has 41 heavy (non-hydrogen) atoms. The largest absolute Gasteiger partial charge is 0.477 e. The third-order valence-corrected chi connectivity index (χ3v) is 6.99. The lowest BCUT2D eigenvalue weighted by molar-refractivity contribution is -0.0105. The third-order valence-electron chi connectivity index (χ3n) is 6.99. The first kappa shape index (κ1) is 28.4. The van der Waals surface area contributed by atoms with Gasteiger partial charge in [-0.15, -0.1) is 0 Å². The Bertz CT molecular complexity index is 1470. The summed E-state index contributed by atoms with van der Waals surface area (Å²) in [6, 6.07) is 5.44. The number of nitrogens with zero attached hydrogens (tertiary/aromatic N) is 5. The number of aliphatic hydroxyl groups excluding tert-OH is 1. The molecule has 3 aromatic heterocycles. The van der Waals surface area contributed by atoms with Crippen LogP contribution < -0.4 is 26.0 Å². The Labute approximate surface area is 238 Å². The number of aromatic nitrogens is 4. The number of carbonyl (C=O) groups excluding carboxylic acids is 1. The van der Waals surface area contributed by atoms with Crippen LogP contribution in [0.1, 0.15) is 47.0 Å². The number of anilines is 3. The molecule has 1 amide bonds. The lowest BCUT2D eigenvalue weighted by atomic mass is 10.2. The summed E-state index contributed by atoms with van der Waals surface area (Å²) in [5, 5.41) is 15.6. The predicted molar refractivity (Wildman–Crippen MR) is 154 cm³/mol. The molecule has 3 N–H and O–H groups in total. The van der Waals surface area contributed by atoms with E-state index in [0.717, 1.165) is 49.2 Å². The summed E-state index contributed by atoms with van der Waals surface area (Å²) in [5.41, 5.74) is 2.47. The van der Waals surface area contributed by atoms with Crippen molar-refractivity contribution < 1.29 is 19.4 Å². The molecule has 2 atom stereocenters. The summed E-state index contributed by atoms with van der Waals surface area (Å²) in [5.74, 6) is 1.46. The summed E-state index contributed by atoms with van der Waals surface area (Å²) >= 11 is 0. The van der Waals surface area contributed by atoms with Crippen molar-refractivity contribution in [2.45, 2.75) is 45.4 Å². The van der Waals surface area contributed by atoms with Crippen molar-refractivity contribution in [2.75, 3.05) is 43.1 Å². The zero-order chi connectivity index (χ0) is 28.8. The minimum atomic E-state index is -0.580. The second kappa shape index (κ2) is 13.0. The number of aryl methyl sites for hydroxylation is 2. The van der Waals surface area contributed by atoms with Crippen LogP contribution in [0.2, 0.25) is 0 Å². The van der Waals surface area contributed by atoms with Crippen molar-refractivity contribution in [2.24, 2.45) is 0 Å². The van der Waals surface area contributed by atoms with Crippen LogP contribution >= 0.6 is 0 Å². The standard InChI is InChI=1S/C29H35N7O5/c1-19-10-14-32-26-24(19)33-27(38)22-7-5-13-31-25(22)35(26)15-4-3-11-30-12-6-16-40-28-20(2)17-36(29(39)34-28)23-9-8-21(18-37)41-23/h5,7-10,13-14,17,21,23,30,37H,3-4,6,11-12,15-16,18H2,1-2H3,(H,33,38)/t21-,23+/m0/s1. The molecule has 2 aliphatic heterocycles. The molecular formula is C29H35N7O5. The van der Waals surface area contributed by atoms with Crippen LogP contribution in [0.4, 0.5) is 17.3 Å². The Morgan fingerprint density at radius 3 is 2.71 bits per heavy atom. The molecule has 5 heterocycles. The van der Waals surface area contributed by atoms with Gasteiger partial charge in [0.05, 0.1) is 24.5 Å². The first-order valence-corrected chi connectivity index (χ1v) is 13.8. The molecule has 0 unspecified atom stereocenters. The van der Waals surface area contributed by atoms with Gasteiger partial charge in [-0.1, -0.05) is 6.08 Å². The van der Waals surface area contributed by atoms with Gasteiger partial charge in [-0.25, -0.2) is 14.8 Å². The first-order chi connectivity index (χ1) is 20.0. The molecule has 0 fully saturated rings. The molecular weight excluding hydrogens is 526 g/mol. The number of fused-ring (bicyclic) bond motifs is 2. The molecule has 216 valence electrons. The zero-order valence-corrected chi connectivity index (χ0v) is 23.2. The maximum atomic E-state index is 12.8. The number of unbranched alkanes of at least 4 members (excludes halogenated alkanes) is 1. The predicted octanol–water partition coefficient (Wildman–Crippen LogP) is 2.64. The van der Waals surface area contributed by atoms with Crippen LogP contribution in [0.25, 0.3) is 0 Å². The molecule has 0 bridgehead atoms. The van der Waals surface area contributed by atoms with Gasteiger partial charge in [0.25, 0.3) is 5.91 Å². The Balaban J connectivity index is 1.06. The fourth-order valence-electron chi connectivity index (χ4n) is 4.83. The highest BCUT2D eigenvalue weighted by Gasteiger charge is 2.28. The van der Waals surface area contributed by atoms with Crippen molar-refractivity contribution >= 4 is 23.2 Å². The normalized spacial score (nSPS) is 17.6. The molecule has 2 aliphatic rings. The molecule has 3 aromatic rings. The van der Waals surface area contributed by atoms with E-state index in [1.54, 1.807) is 42.9 Å². The smallest absolute Gasteiger partial charge is 0.353 e. The molecule has 5 rings (SSSR count). The highest BCUT2D eigenvalue weighted by molar-refractivity contribution is 6.11. The van der Waals surface area contributed by atoms with E-state index in [1.807, 2.05) is 24.8 Å². The summed E-state index contributed by atoms with van der Waals surface area (Å²) < 4.78 is 12.7. The average molecular weight is 562 g/mol. The van der Waals surface area contributed by atoms with Gasteiger partial charge < -0.3 is 30.1 Å². The minimum Gasteiger partial charge on any atom is -0.477 e. The van der Waals surface area contributed by atoms with Gasteiger partial charge in [0.2, 0.25) is 5.88 Å². The Morgan fingerprint density at radius 1 is 1.05 bits per heavy atom. The van der Waals surface area contributed by atoms with Crippen LogP contribution in [-0.2, 0) is 4.74 Å². The maximum absolute atomic E-state index is 12.8. The number of ether oxygens (including phenoxy) is 2. The van der Waals surface area contributed by atoms with Crippen LogP contribution in [0.3, 0.4) is 0 Å². The number of nitrogens with one attached hydrogen (secondary N) is 2. The van der Waals surface area contributed by atoms with E-state index in [0.29, 0.717) is 36.2 Å². The van der Waals surface area contributed by atoms with Crippen LogP contribution in [0, 0.1) is 13.8 Å². The van der Waals surface area contributed by atoms with Gasteiger partial charge in [-0.2, -0.15) is 4.98 Å². The summed E-state index contributed by atoms with van der Waals surface area (Å²) in [7, 11) is 0. The highest BCUT2D eigenvalue weighted by Crippen LogP contribution is 2.36. The number of aliphatic hydroxyl groups is 1. The number of hydrogen-bond donors (Lipinski definition) is 3. The van der Waals surface area contributed by atoms with Gasteiger partial charge >= 0.3 is 5.69 Å². The van der Waals surface area contributed by atoms with E-state index in [-0.39, 0.29) is 12.5 Å².